The van der Waals surface area contributed by atoms with E-state index in [1.54, 1.807) is 58.4 Å². The Morgan fingerprint density at radius 3 is 2.34 bits per heavy atom. The van der Waals surface area contributed by atoms with Gasteiger partial charge >= 0.3 is 6.09 Å². The number of rotatable bonds is 19. The lowest BCUT2D eigenvalue weighted by atomic mass is 9.81. The first-order chi connectivity index (χ1) is 22.1. The van der Waals surface area contributed by atoms with E-state index in [0.29, 0.717) is 36.8 Å². The summed E-state index contributed by atoms with van der Waals surface area (Å²) in [6, 6.07) is 8.16. The molecule has 0 fully saturated rings. The van der Waals surface area contributed by atoms with E-state index in [1.165, 1.54) is 0 Å². The highest BCUT2D eigenvalue weighted by atomic mass is 79.9. The van der Waals surface area contributed by atoms with Crippen LogP contribution in [0, 0.1) is 23.7 Å². The van der Waals surface area contributed by atoms with Gasteiger partial charge in [-0.05, 0) is 81.7 Å². The number of hydrogen-bond acceptors (Lipinski definition) is 8. The van der Waals surface area contributed by atoms with E-state index in [0.717, 1.165) is 4.47 Å². The molecule has 2 aromatic rings. The molecule has 0 saturated carbocycles. The summed E-state index contributed by atoms with van der Waals surface area (Å²) in [6.45, 7) is 14.3. The Bertz CT molecular complexity index is 1250. The van der Waals surface area contributed by atoms with Gasteiger partial charge in [0.1, 0.15) is 17.1 Å². The van der Waals surface area contributed by atoms with Crippen molar-refractivity contribution in [2.75, 3.05) is 25.6 Å². The average Bonchev–Trinajstić information content (AvgIpc) is 3.49. The molecule has 3 amide bonds. The Morgan fingerprint density at radius 2 is 1.74 bits per heavy atom. The molecule has 11 nitrogen and oxygen atoms in total. The number of furan rings is 1. The second-order valence-corrected chi connectivity index (χ2v) is 14.4. The van der Waals surface area contributed by atoms with Crippen LogP contribution >= 0.6 is 15.9 Å². The number of amides is 3. The largest absolute Gasteiger partial charge is 0.491 e. The van der Waals surface area contributed by atoms with Crippen LogP contribution in [0.4, 0.5) is 10.5 Å². The van der Waals surface area contributed by atoms with Gasteiger partial charge in [0.25, 0.3) is 0 Å². The number of nitrogens with one attached hydrogen (secondary N) is 3. The second-order valence-electron chi connectivity index (χ2n) is 13.5. The first kappa shape index (κ1) is 40.1. The molecule has 0 aliphatic carbocycles. The molecule has 0 spiro atoms. The van der Waals surface area contributed by atoms with Gasteiger partial charge in [-0.2, -0.15) is 0 Å². The van der Waals surface area contributed by atoms with E-state index < -0.39 is 29.8 Å². The maximum Gasteiger partial charge on any atom is 0.407 e. The monoisotopic (exact) mass is 723 g/mol. The lowest BCUT2D eigenvalue weighted by Gasteiger charge is -2.33. The average molecular weight is 725 g/mol. The van der Waals surface area contributed by atoms with Crippen molar-refractivity contribution in [2.45, 2.75) is 98.4 Å². The van der Waals surface area contributed by atoms with Crippen LogP contribution in [0.15, 0.2) is 45.5 Å². The Balaban J connectivity index is 2.21. The highest BCUT2D eigenvalue weighted by molar-refractivity contribution is 9.10. The number of aliphatic hydroxyl groups excluding tert-OH is 1. The summed E-state index contributed by atoms with van der Waals surface area (Å²) in [5.74, 6) is -0.116. The topological polar surface area (TPSA) is 148 Å². The quantitative estimate of drug-likeness (QED) is 0.117. The third-order valence-electron chi connectivity index (χ3n) is 7.73. The van der Waals surface area contributed by atoms with Gasteiger partial charge < -0.3 is 39.7 Å². The maximum absolute atomic E-state index is 13.4. The van der Waals surface area contributed by atoms with E-state index >= 15 is 0 Å². The Hall–Kier alpha value is -3.09. The molecule has 0 saturated heterocycles. The van der Waals surface area contributed by atoms with Crippen molar-refractivity contribution in [3.05, 3.63) is 46.8 Å². The molecule has 12 heteroatoms. The molecule has 1 heterocycles. The lowest BCUT2D eigenvalue weighted by molar-refractivity contribution is -0.128. The summed E-state index contributed by atoms with van der Waals surface area (Å²) in [4.78, 5) is 39.5. The fourth-order valence-corrected chi connectivity index (χ4v) is 5.42. The SMILES string of the molecule is COCCCOc1ccc(Br)cc1NC(=O)C[C@@H](C[C@H](NC(=O)OC(C)(C)C)[C@@H](O)C[C@H](C(=O)NCc1ccco1)C(C)C)C(C)C. The zero-order chi connectivity index (χ0) is 35.1. The van der Waals surface area contributed by atoms with Crippen molar-refractivity contribution in [1.29, 1.82) is 0 Å². The molecule has 1 aromatic heterocycles. The fraction of sp³-hybridized carbons (Fsp3) is 0.629. The third-order valence-corrected chi connectivity index (χ3v) is 8.23. The fourth-order valence-electron chi connectivity index (χ4n) is 5.06. The molecule has 47 heavy (non-hydrogen) atoms. The summed E-state index contributed by atoms with van der Waals surface area (Å²) in [7, 11) is 1.63. The summed E-state index contributed by atoms with van der Waals surface area (Å²) in [5, 5.41) is 20.3. The van der Waals surface area contributed by atoms with Crippen LogP contribution in [0.1, 0.15) is 79.9 Å². The molecule has 0 bridgehead atoms. The van der Waals surface area contributed by atoms with Crippen LogP contribution in [0.3, 0.4) is 0 Å². The summed E-state index contributed by atoms with van der Waals surface area (Å²) in [6.07, 6.45) is 0.979. The van der Waals surface area contributed by atoms with Crippen LogP contribution in [-0.2, 0) is 25.6 Å². The first-order valence-corrected chi connectivity index (χ1v) is 17.1. The smallest absolute Gasteiger partial charge is 0.407 e. The number of carbonyl (C=O) groups is 3. The van der Waals surface area contributed by atoms with Gasteiger partial charge in [-0.25, -0.2) is 4.79 Å². The van der Waals surface area contributed by atoms with Gasteiger partial charge in [0.15, 0.2) is 0 Å². The van der Waals surface area contributed by atoms with Gasteiger partial charge in [-0.1, -0.05) is 43.6 Å². The number of carbonyl (C=O) groups excluding carboxylic acids is 3. The van der Waals surface area contributed by atoms with Crippen LogP contribution in [0.5, 0.6) is 5.75 Å². The zero-order valence-corrected chi connectivity index (χ0v) is 30.6. The highest BCUT2D eigenvalue weighted by Crippen LogP contribution is 2.31. The van der Waals surface area contributed by atoms with Crippen molar-refractivity contribution in [3.8, 4) is 5.75 Å². The Kier molecular flexibility index (Phi) is 16.8. The van der Waals surface area contributed by atoms with E-state index in [-0.39, 0.29) is 55.4 Å². The minimum absolute atomic E-state index is 0.0284. The molecule has 0 aliphatic rings. The highest BCUT2D eigenvalue weighted by Gasteiger charge is 2.34. The number of hydrogen-bond donors (Lipinski definition) is 4. The second kappa shape index (κ2) is 19.7. The van der Waals surface area contributed by atoms with Gasteiger partial charge in [-0.15, -0.1) is 0 Å². The van der Waals surface area contributed by atoms with Crippen molar-refractivity contribution in [1.82, 2.24) is 10.6 Å². The van der Waals surface area contributed by atoms with Gasteiger partial charge in [0, 0.05) is 36.9 Å². The van der Waals surface area contributed by atoms with Gasteiger partial charge in [0.2, 0.25) is 11.8 Å². The van der Waals surface area contributed by atoms with Gasteiger partial charge in [-0.3, -0.25) is 9.59 Å². The molecular weight excluding hydrogens is 670 g/mol. The molecule has 264 valence electrons. The minimum atomic E-state index is -1.09. The van der Waals surface area contributed by atoms with Crippen molar-refractivity contribution in [2.24, 2.45) is 23.7 Å². The molecule has 1 aromatic carbocycles. The van der Waals surface area contributed by atoms with Crippen molar-refractivity contribution in [3.63, 3.8) is 0 Å². The first-order valence-electron chi connectivity index (χ1n) is 16.3. The predicted octanol–water partition coefficient (Wildman–Crippen LogP) is 6.68. The van der Waals surface area contributed by atoms with Crippen molar-refractivity contribution < 1.29 is 38.1 Å². The maximum atomic E-state index is 13.4. The number of ether oxygens (including phenoxy) is 3. The van der Waals surface area contributed by atoms with Crippen LogP contribution in [0.25, 0.3) is 0 Å². The number of anilines is 1. The summed E-state index contributed by atoms with van der Waals surface area (Å²) < 4.78 is 22.6. The molecule has 0 radical (unpaired) electrons. The summed E-state index contributed by atoms with van der Waals surface area (Å²) >= 11 is 3.47. The van der Waals surface area contributed by atoms with Gasteiger partial charge in [0.05, 0.1) is 37.2 Å². The molecule has 4 N–H and O–H groups in total. The van der Waals surface area contributed by atoms with E-state index in [1.807, 2.05) is 33.8 Å². The van der Waals surface area contributed by atoms with Crippen molar-refractivity contribution >= 4 is 39.5 Å². The Labute approximate surface area is 288 Å². The lowest BCUT2D eigenvalue weighted by Crippen LogP contribution is -2.48. The van der Waals surface area contributed by atoms with E-state index in [4.69, 9.17) is 18.6 Å². The zero-order valence-electron chi connectivity index (χ0n) is 29.1. The number of alkyl carbamates (subject to hydrolysis) is 1. The van der Waals surface area contributed by atoms with E-state index in [9.17, 15) is 19.5 Å². The number of benzene rings is 1. The standard InChI is InChI=1S/C35H54BrN3O8/c1-22(2)24(18-32(41)38-29-19-25(36)12-13-31(29)46-16-10-14-44-8)17-28(39-34(43)47-35(5,6)7)30(40)20-27(23(3)4)33(42)37-21-26-11-9-15-45-26/h9,11-13,15,19,22-24,27-28,30,40H,10,14,16-18,20-21H2,1-8H3,(H,37,42)(H,38,41)(H,39,43)/t24-,27+,28+,30+/m1/s1. The third kappa shape index (κ3) is 15.1. The predicted molar refractivity (Wildman–Crippen MR) is 185 cm³/mol. The van der Waals surface area contributed by atoms with Crippen LogP contribution in [0.2, 0.25) is 0 Å². The number of methoxy groups -OCH3 is 1. The molecule has 4 atom stereocenters. The van der Waals surface area contributed by atoms with Crippen LogP contribution in [-0.4, -0.2) is 61.1 Å². The number of halogens is 1. The Morgan fingerprint density at radius 1 is 1.02 bits per heavy atom. The van der Waals surface area contributed by atoms with Crippen LogP contribution < -0.4 is 20.7 Å². The summed E-state index contributed by atoms with van der Waals surface area (Å²) in [5.41, 5.74) is -0.218. The molecule has 2 rings (SSSR count). The molecule has 0 aliphatic heterocycles. The number of aliphatic hydroxyl groups is 1. The minimum Gasteiger partial charge on any atom is -0.491 e. The normalized spacial score (nSPS) is 14.3. The molecule has 0 unspecified atom stereocenters. The van der Waals surface area contributed by atoms with E-state index in [2.05, 4.69) is 31.9 Å². The molecular formula is C35H54BrN3O8.